The molecule has 2 amide bonds. The van der Waals surface area contributed by atoms with Crippen molar-refractivity contribution >= 4 is 23.6 Å². The molecule has 1 unspecified atom stereocenters. The number of carbonyl (C=O) groups excluding carboxylic acids is 2. The maximum Gasteiger partial charge on any atom is 0.232 e. The highest BCUT2D eigenvalue weighted by molar-refractivity contribution is 7.99. The summed E-state index contributed by atoms with van der Waals surface area (Å²) in [5, 5.41) is 0. The van der Waals surface area contributed by atoms with Crippen molar-refractivity contribution in [1.82, 2.24) is 14.7 Å². The zero-order valence-electron chi connectivity index (χ0n) is 16.0. The van der Waals surface area contributed by atoms with Crippen LogP contribution in [-0.2, 0) is 9.59 Å². The van der Waals surface area contributed by atoms with Gasteiger partial charge in [0.15, 0.2) is 0 Å². The summed E-state index contributed by atoms with van der Waals surface area (Å²) in [6.45, 7) is 6.27. The monoisotopic (exact) mass is 379 g/mol. The van der Waals surface area contributed by atoms with Gasteiger partial charge in [0, 0.05) is 49.8 Å². The van der Waals surface area contributed by atoms with Crippen molar-refractivity contribution < 1.29 is 9.59 Å². The molecule has 0 N–H and O–H groups in total. The van der Waals surface area contributed by atoms with Crippen molar-refractivity contribution in [2.24, 2.45) is 5.41 Å². The Kier molecular flexibility index (Phi) is 5.79. The van der Waals surface area contributed by atoms with Crippen LogP contribution in [0.3, 0.4) is 0 Å². The molecule has 5 nitrogen and oxygen atoms in total. The summed E-state index contributed by atoms with van der Waals surface area (Å²) < 4.78 is 0. The minimum Gasteiger partial charge on any atom is -0.341 e. The number of likely N-dealkylation sites (tertiary alicyclic amines) is 3. The standard InChI is InChI=1S/C20H33N3O2S/c24-18-6-8-20(16-23(18)17-4-5-17)7-3-11-22(15-20)19(25)14-26-13-12-21-9-1-2-10-21/h17H,1-16H2. The lowest BCUT2D eigenvalue weighted by Crippen LogP contribution is -2.55. The molecule has 3 saturated heterocycles. The van der Waals surface area contributed by atoms with E-state index in [1.165, 1.54) is 45.2 Å². The number of carbonyl (C=O) groups is 2. The Balaban J connectivity index is 1.24. The molecule has 1 spiro atoms. The molecular formula is C20H33N3O2S. The van der Waals surface area contributed by atoms with Gasteiger partial charge in [-0.05, 0) is 58.0 Å². The number of amides is 2. The van der Waals surface area contributed by atoms with E-state index in [0.29, 0.717) is 30.0 Å². The fourth-order valence-electron chi connectivity index (χ4n) is 4.97. The molecule has 4 rings (SSSR count). The van der Waals surface area contributed by atoms with E-state index in [-0.39, 0.29) is 5.41 Å². The number of thioether (sulfide) groups is 1. The second-order valence-electron chi connectivity index (χ2n) is 8.77. The molecule has 3 heterocycles. The summed E-state index contributed by atoms with van der Waals surface area (Å²) in [5.74, 6) is 2.34. The van der Waals surface area contributed by atoms with Crippen molar-refractivity contribution in [3.05, 3.63) is 0 Å². The fraction of sp³-hybridized carbons (Fsp3) is 0.900. The summed E-state index contributed by atoms with van der Waals surface area (Å²) in [5.41, 5.74) is 0.171. The highest BCUT2D eigenvalue weighted by atomic mass is 32.2. The minimum atomic E-state index is 0.171. The predicted octanol–water partition coefficient (Wildman–Crippen LogP) is 2.21. The van der Waals surface area contributed by atoms with Gasteiger partial charge in [0.1, 0.15) is 0 Å². The maximum absolute atomic E-state index is 12.7. The van der Waals surface area contributed by atoms with Crippen LogP contribution in [0.4, 0.5) is 0 Å². The second kappa shape index (κ2) is 8.09. The lowest BCUT2D eigenvalue weighted by molar-refractivity contribution is -0.142. The van der Waals surface area contributed by atoms with E-state index in [1.54, 1.807) is 11.8 Å². The van der Waals surface area contributed by atoms with Crippen molar-refractivity contribution in [2.45, 2.75) is 57.4 Å². The van der Waals surface area contributed by atoms with Gasteiger partial charge in [-0.25, -0.2) is 0 Å². The predicted molar refractivity (Wildman–Crippen MR) is 105 cm³/mol. The Hall–Kier alpha value is -0.750. The third-order valence-electron chi connectivity index (χ3n) is 6.67. The van der Waals surface area contributed by atoms with Crippen LogP contribution in [-0.4, -0.2) is 83.3 Å². The van der Waals surface area contributed by atoms with E-state index in [9.17, 15) is 9.59 Å². The lowest BCUT2D eigenvalue weighted by atomic mass is 9.73. The Morgan fingerprint density at radius 3 is 2.65 bits per heavy atom. The van der Waals surface area contributed by atoms with Gasteiger partial charge in [-0.2, -0.15) is 11.8 Å². The molecule has 3 aliphatic heterocycles. The molecule has 0 radical (unpaired) electrons. The van der Waals surface area contributed by atoms with E-state index in [4.69, 9.17) is 0 Å². The Labute approximate surface area is 161 Å². The fourth-order valence-corrected chi connectivity index (χ4v) is 5.86. The van der Waals surface area contributed by atoms with Gasteiger partial charge < -0.3 is 14.7 Å². The number of piperidine rings is 2. The topological polar surface area (TPSA) is 43.9 Å². The zero-order chi connectivity index (χ0) is 18.0. The average molecular weight is 380 g/mol. The summed E-state index contributed by atoms with van der Waals surface area (Å²) >= 11 is 1.80. The van der Waals surface area contributed by atoms with Gasteiger partial charge in [0.25, 0.3) is 0 Å². The third-order valence-corrected chi connectivity index (χ3v) is 7.60. The molecule has 1 aliphatic carbocycles. The number of hydrogen-bond acceptors (Lipinski definition) is 4. The van der Waals surface area contributed by atoms with Crippen LogP contribution >= 0.6 is 11.8 Å². The normalized spacial score (nSPS) is 30.4. The third kappa shape index (κ3) is 4.38. The van der Waals surface area contributed by atoms with Crippen LogP contribution in [0.2, 0.25) is 0 Å². The van der Waals surface area contributed by atoms with Gasteiger partial charge in [-0.3, -0.25) is 9.59 Å². The molecule has 0 aromatic rings. The van der Waals surface area contributed by atoms with Gasteiger partial charge in [-0.15, -0.1) is 0 Å². The SMILES string of the molecule is O=C(CSCCN1CCCC1)N1CCCC2(CCC(=O)N(C3CC3)C2)C1. The molecule has 0 aromatic heterocycles. The van der Waals surface area contributed by atoms with Crippen LogP contribution in [0.25, 0.3) is 0 Å². The first-order valence-electron chi connectivity index (χ1n) is 10.5. The Morgan fingerprint density at radius 2 is 1.88 bits per heavy atom. The molecule has 1 atom stereocenters. The Morgan fingerprint density at radius 1 is 1.08 bits per heavy atom. The zero-order valence-corrected chi connectivity index (χ0v) is 16.8. The number of nitrogens with zero attached hydrogens (tertiary/aromatic N) is 3. The van der Waals surface area contributed by atoms with Crippen LogP contribution in [0.5, 0.6) is 0 Å². The number of rotatable bonds is 6. The summed E-state index contributed by atoms with van der Waals surface area (Å²) in [7, 11) is 0. The quantitative estimate of drug-likeness (QED) is 0.664. The molecule has 6 heteroatoms. The van der Waals surface area contributed by atoms with Crippen molar-refractivity contribution in [3.8, 4) is 0 Å². The summed E-state index contributed by atoms with van der Waals surface area (Å²) in [4.78, 5) is 31.7. The molecular weight excluding hydrogens is 346 g/mol. The molecule has 0 aromatic carbocycles. The van der Waals surface area contributed by atoms with Crippen molar-refractivity contribution in [3.63, 3.8) is 0 Å². The summed E-state index contributed by atoms with van der Waals surface area (Å²) in [6, 6.07) is 0.506. The lowest BCUT2D eigenvalue weighted by Gasteiger charge is -2.48. The van der Waals surface area contributed by atoms with E-state index in [2.05, 4.69) is 14.7 Å². The van der Waals surface area contributed by atoms with Gasteiger partial charge in [0.2, 0.25) is 11.8 Å². The number of hydrogen-bond donors (Lipinski definition) is 0. The van der Waals surface area contributed by atoms with Crippen molar-refractivity contribution in [1.29, 1.82) is 0 Å². The summed E-state index contributed by atoms with van der Waals surface area (Å²) in [6.07, 6.45) is 8.95. The first-order chi connectivity index (χ1) is 12.7. The maximum atomic E-state index is 12.7. The van der Waals surface area contributed by atoms with E-state index in [0.717, 1.165) is 44.8 Å². The molecule has 26 heavy (non-hydrogen) atoms. The average Bonchev–Trinajstić information content (AvgIpc) is 3.37. The highest BCUT2D eigenvalue weighted by Crippen LogP contribution is 2.42. The molecule has 4 fully saturated rings. The largest absolute Gasteiger partial charge is 0.341 e. The van der Waals surface area contributed by atoms with Crippen molar-refractivity contribution in [2.75, 3.05) is 50.8 Å². The van der Waals surface area contributed by atoms with Crippen LogP contribution in [0.15, 0.2) is 0 Å². The molecule has 146 valence electrons. The van der Waals surface area contributed by atoms with E-state index in [1.807, 2.05) is 0 Å². The second-order valence-corrected chi connectivity index (χ2v) is 9.88. The van der Waals surface area contributed by atoms with Gasteiger partial charge in [-0.1, -0.05) is 0 Å². The Bertz CT molecular complexity index is 533. The van der Waals surface area contributed by atoms with Crippen LogP contribution < -0.4 is 0 Å². The van der Waals surface area contributed by atoms with E-state index >= 15 is 0 Å². The first kappa shape index (κ1) is 18.6. The highest BCUT2D eigenvalue weighted by Gasteiger charge is 2.46. The van der Waals surface area contributed by atoms with Gasteiger partial charge in [0.05, 0.1) is 5.75 Å². The smallest absolute Gasteiger partial charge is 0.232 e. The molecule has 4 aliphatic rings. The van der Waals surface area contributed by atoms with Crippen LogP contribution in [0.1, 0.15) is 51.4 Å². The van der Waals surface area contributed by atoms with Crippen LogP contribution in [0, 0.1) is 5.41 Å². The minimum absolute atomic E-state index is 0.171. The first-order valence-corrected chi connectivity index (χ1v) is 11.7. The van der Waals surface area contributed by atoms with Gasteiger partial charge >= 0.3 is 0 Å². The molecule has 0 bridgehead atoms. The van der Waals surface area contributed by atoms with E-state index < -0.39 is 0 Å². The molecule has 1 saturated carbocycles.